The number of halogens is 1. The number of H-pyrrole nitrogens is 1. The zero-order valence-electron chi connectivity index (χ0n) is 10.5. The minimum atomic E-state index is -0.509. The van der Waals surface area contributed by atoms with Crippen LogP contribution in [0.15, 0.2) is 39.7 Å². The zero-order valence-corrected chi connectivity index (χ0v) is 12.0. The van der Waals surface area contributed by atoms with E-state index in [4.69, 9.17) is 9.15 Å². The number of nitrogens with zero attached hydrogens (tertiary/aromatic N) is 2. The van der Waals surface area contributed by atoms with Crippen LogP contribution in [0, 0.1) is 0 Å². The molecule has 0 bridgehead atoms. The Morgan fingerprint density at radius 2 is 2.40 bits per heavy atom. The molecule has 3 aromatic heterocycles. The van der Waals surface area contributed by atoms with Crippen LogP contribution in [0.25, 0.3) is 11.2 Å². The lowest BCUT2D eigenvalue weighted by molar-refractivity contribution is 0.0321. The number of furan rings is 1. The van der Waals surface area contributed by atoms with Crippen molar-refractivity contribution in [2.45, 2.75) is 13.0 Å². The summed E-state index contributed by atoms with van der Waals surface area (Å²) in [6.45, 7) is 1.74. The van der Waals surface area contributed by atoms with Gasteiger partial charge in [0.15, 0.2) is 11.8 Å². The molecule has 6 nitrogen and oxygen atoms in total. The van der Waals surface area contributed by atoms with E-state index >= 15 is 0 Å². The first-order chi connectivity index (χ1) is 9.63. The van der Waals surface area contributed by atoms with E-state index in [1.165, 1.54) is 12.5 Å². The van der Waals surface area contributed by atoms with Crippen LogP contribution in [0.5, 0.6) is 0 Å². The molecule has 3 aromatic rings. The number of pyridine rings is 1. The lowest BCUT2D eigenvalue weighted by Gasteiger charge is -2.09. The van der Waals surface area contributed by atoms with E-state index in [2.05, 4.69) is 30.9 Å². The van der Waals surface area contributed by atoms with E-state index < -0.39 is 12.1 Å². The molecule has 20 heavy (non-hydrogen) atoms. The first-order valence-corrected chi connectivity index (χ1v) is 6.67. The van der Waals surface area contributed by atoms with Crippen LogP contribution in [-0.4, -0.2) is 20.9 Å². The summed E-state index contributed by atoms with van der Waals surface area (Å²) in [5, 5.41) is 0. The molecule has 7 heteroatoms. The van der Waals surface area contributed by atoms with Crippen molar-refractivity contribution in [2.75, 3.05) is 0 Å². The van der Waals surface area contributed by atoms with Crippen LogP contribution in [-0.2, 0) is 4.74 Å². The maximum Gasteiger partial charge on any atom is 0.342 e. The first kappa shape index (κ1) is 12.9. The van der Waals surface area contributed by atoms with Crippen LogP contribution >= 0.6 is 15.9 Å². The van der Waals surface area contributed by atoms with Crippen molar-refractivity contribution in [2.24, 2.45) is 0 Å². The quantitative estimate of drug-likeness (QED) is 0.743. The number of nitrogens with one attached hydrogen (secondary N) is 1. The molecule has 0 spiro atoms. The Bertz CT molecular complexity index is 751. The molecule has 0 saturated carbocycles. The second-order valence-electron chi connectivity index (χ2n) is 4.21. The Balaban J connectivity index is 1.81. The number of esters is 1. The van der Waals surface area contributed by atoms with Gasteiger partial charge in [-0.2, -0.15) is 0 Å². The fourth-order valence-electron chi connectivity index (χ4n) is 1.75. The number of ether oxygens (including phenoxy) is 1. The maximum atomic E-state index is 11.8. The highest BCUT2D eigenvalue weighted by Crippen LogP contribution is 2.21. The Hall–Kier alpha value is -2.15. The number of hydrogen-bond donors (Lipinski definition) is 1. The third-order valence-corrected chi connectivity index (χ3v) is 3.18. The molecule has 102 valence electrons. The van der Waals surface area contributed by atoms with Gasteiger partial charge in [0.05, 0.1) is 17.3 Å². The fraction of sp³-hybridized carbons (Fsp3) is 0.154. The Morgan fingerprint density at radius 1 is 1.55 bits per heavy atom. The molecule has 0 unspecified atom stereocenters. The molecule has 3 heterocycles. The summed E-state index contributed by atoms with van der Waals surface area (Å²) in [6.07, 6.45) is 3.91. The van der Waals surface area contributed by atoms with E-state index in [0.29, 0.717) is 17.0 Å². The fourth-order valence-corrected chi connectivity index (χ4v) is 2.08. The van der Waals surface area contributed by atoms with E-state index in [-0.39, 0.29) is 0 Å². The van der Waals surface area contributed by atoms with Crippen molar-refractivity contribution < 1.29 is 13.9 Å². The summed E-state index contributed by atoms with van der Waals surface area (Å²) in [5.41, 5.74) is 1.73. The second kappa shape index (κ2) is 5.09. The average Bonchev–Trinajstić information content (AvgIpc) is 3.07. The van der Waals surface area contributed by atoms with E-state index in [9.17, 15) is 4.79 Å². The first-order valence-electron chi connectivity index (χ1n) is 5.88. The van der Waals surface area contributed by atoms with E-state index in [1.807, 2.05) is 6.07 Å². The van der Waals surface area contributed by atoms with Crippen molar-refractivity contribution in [1.29, 1.82) is 0 Å². The molecule has 0 fully saturated rings. The standard InChI is InChI=1S/C13H10BrN3O3/c1-7(20-13(18)8-2-3-19-6-8)11-16-10-4-9(14)5-15-12(10)17-11/h2-7H,1H3,(H,15,16,17)/t7-/m0/s1. The van der Waals surface area contributed by atoms with Gasteiger partial charge in [-0.3, -0.25) is 0 Å². The lowest BCUT2D eigenvalue weighted by Crippen LogP contribution is -2.09. The highest BCUT2D eigenvalue weighted by atomic mass is 79.9. The van der Waals surface area contributed by atoms with Gasteiger partial charge in [-0.25, -0.2) is 14.8 Å². The molecule has 0 aliphatic heterocycles. The average molecular weight is 336 g/mol. The molecule has 0 aromatic carbocycles. The minimum Gasteiger partial charge on any atom is -0.472 e. The summed E-state index contributed by atoms with van der Waals surface area (Å²) in [4.78, 5) is 23.4. The number of hydrogen-bond acceptors (Lipinski definition) is 5. The predicted octanol–water partition coefficient (Wildman–Crippen LogP) is 3.23. The summed E-state index contributed by atoms with van der Waals surface area (Å²) < 4.78 is 11.0. The smallest absolute Gasteiger partial charge is 0.342 e. The van der Waals surface area contributed by atoms with Crippen LogP contribution in [0.3, 0.4) is 0 Å². The molecule has 0 saturated heterocycles. The van der Waals surface area contributed by atoms with Crippen molar-refractivity contribution in [3.63, 3.8) is 0 Å². The third-order valence-electron chi connectivity index (χ3n) is 2.75. The Labute approximate surface area is 122 Å². The molecule has 3 rings (SSSR count). The van der Waals surface area contributed by atoms with Crippen LogP contribution in [0.1, 0.15) is 29.2 Å². The van der Waals surface area contributed by atoms with Gasteiger partial charge in [0.25, 0.3) is 0 Å². The molecule has 0 radical (unpaired) electrons. The highest BCUT2D eigenvalue weighted by Gasteiger charge is 2.18. The Kier molecular flexibility index (Phi) is 3.27. The van der Waals surface area contributed by atoms with Crippen LogP contribution in [0.4, 0.5) is 0 Å². The summed E-state index contributed by atoms with van der Waals surface area (Å²) in [6, 6.07) is 3.41. The number of aromatic nitrogens is 3. The van der Waals surface area contributed by atoms with Gasteiger partial charge >= 0.3 is 5.97 Å². The molecule has 0 aliphatic rings. The molecule has 0 amide bonds. The summed E-state index contributed by atoms with van der Waals surface area (Å²) in [5.74, 6) is 0.0864. The summed E-state index contributed by atoms with van der Waals surface area (Å²) >= 11 is 3.34. The van der Waals surface area contributed by atoms with Crippen molar-refractivity contribution in [3.8, 4) is 0 Å². The number of carbonyl (C=O) groups excluding carboxylic acids is 1. The van der Waals surface area contributed by atoms with Crippen molar-refractivity contribution >= 4 is 33.1 Å². The maximum absolute atomic E-state index is 11.8. The van der Waals surface area contributed by atoms with Gasteiger partial charge in [0.1, 0.15) is 12.1 Å². The van der Waals surface area contributed by atoms with Gasteiger partial charge in [0.2, 0.25) is 0 Å². The van der Waals surface area contributed by atoms with Crippen LogP contribution < -0.4 is 0 Å². The number of imidazole rings is 1. The predicted molar refractivity (Wildman–Crippen MR) is 74.1 cm³/mol. The largest absolute Gasteiger partial charge is 0.472 e. The molecular formula is C13H10BrN3O3. The summed E-state index contributed by atoms with van der Waals surface area (Å²) in [7, 11) is 0. The van der Waals surface area contributed by atoms with Gasteiger partial charge in [-0.05, 0) is 35.0 Å². The van der Waals surface area contributed by atoms with E-state index in [0.717, 1.165) is 9.99 Å². The monoisotopic (exact) mass is 335 g/mol. The number of fused-ring (bicyclic) bond motifs is 1. The van der Waals surface area contributed by atoms with Crippen molar-refractivity contribution in [3.05, 3.63) is 46.7 Å². The third kappa shape index (κ3) is 2.44. The lowest BCUT2D eigenvalue weighted by atomic mass is 10.3. The molecule has 0 aliphatic carbocycles. The number of aromatic amines is 1. The van der Waals surface area contributed by atoms with Crippen molar-refractivity contribution in [1.82, 2.24) is 15.0 Å². The zero-order chi connectivity index (χ0) is 14.1. The van der Waals surface area contributed by atoms with Gasteiger partial charge in [-0.15, -0.1) is 0 Å². The van der Waals surface area contributed by atoms with Gasteiger partial charge in [-0.1, -0.05) is 0 Å². The van der Waals surface area contributed by atoms with Crippen LogP contribution in [0.2, 0.25) is 0 Å². The van der Waals surface area contributed by atoms with E-state index in [1.54, 1.807) is 19.2 Å². The SMILES string of the molecule is C[C@H](OC(=O)c1ccoc1)c1nc2ncc(Br)cc2[nH]1. The molecule has 1 atom stereocenters. The molecular weight excluding hydrogens is 326 g/mol. The number of rotatable bonds is 3. The number of carbonyl (C=O) groups is 1. The minimum absolute atomic E-state index is 0.369. The normalized spacial score (nSPS) is 12.5. The topological polar surface area (TPSA) is 81.0 Å². The van der Waals surface area contributed by atoms with Gasteiger partial charge in [0, 0.05) is 10.7 Å². The second-order valence-corrected chi connectivity index (χ2v) is 5.12. The highest BCUT2D eigenvalue weighted by molar-refractivity contribution is 9.10. The van der Waals surface area contributed by atoms with Gasteiger partial charge < -0.3 is 14.1 Å². The Morgan fingerprint density at radius 3 is 3.15 bits per heavy atom. The molecule has 1 N–H and O–H groups in total.